The van der Waals surface area contributed by atoms with Gasteiger partial charge in [0.15, 0.2) is 0 Å². The summed E-state index contributed by atoms with van der Waals surface area (Å²) in [5.74, 6) is 0.590. The van der Waals surface area contributed by atoms with Crippen LogP contribution in [0.1, 0.15) is 25.3 Å². The van der Waals surface area contributed by atoms with E-state index in [0.29, 0.717) is 23.3 Å². The predicted molar refractivity (Wildman–Crippen MR) is 92.4 cm³/mol. The number of H-pyrrole nitrogens is 1. The molecule has 0 radical (unpaired) electrons. The monoisotopic (exact) mass is 308 g/mol. The molecule has 0 unspecified atom stereocenters. The van der Waals surface area contributed by atoms with Crippen molar-refractivity contribution < 1.29 is 4.74 Å². The molecule has 4 heteroatoms. The van der Waals surface area contributed by atoms with Crippen molar-refractivity contribution in [1.29, 1.82) is 0 Å². The SMILES string of the molecule is CCCCOCc1ccc(-c2nc3ccccc3c(=O)[nH]2)cc1. The standard InChI is InChI=1S/C19H20N2O2/c1-2-3-12-23-13-14-8-10-15(11-9-14)18-20-17-7-5-4-6-16(17)19(22)21-18/h4-11H,2-3,12-13H2,1H3,(H,20,21,22). The fourth-order valence-electron chi connectivity index (χ4n) is 2.42. The van der Waals surface area contributed by atoms with Gasteiger partial charge in [0.25, 0.3) is 5.56 Å². The molecule has 2 aromatic carbocycles. The number of hydrogen-bond donors (Lipinski definition) is 1. The molecule has 23 heavy (non-hydrogen) atoms. The number of nitrogens with one attached hydrogen (secondary N) is 1. The first kappa shape index (κ1) is 15.4. The number of rotatable bonds is 6. The summed E-state index contributed by atoms with van der Waals surface area (Å²) < 4.78 is 5.61. The van der Waals surface area contributed by atoms with Crippen LogP contribution in [0.25, 0.3) is 22.3 Å². The van der Waals surface area contributed by atoms with E-state index in [-0.39, 0.29) is 5.56 Å². The molecule has 0 spiro atoms. The van der Waals surface area contributed by atoms with Gasteiger partial charge in [0.05, 0.1) is 17.5 Å². The predicted octanol–water partition coefficient (Wildman–Crippen LogP) is 3.91. The van der Waals surface area contributed by atoms with Gasteiger partial charge in [0, 0.05) is 12.2 Å². The van der Waals surface area contributed by atoms with Crippen molar-refractivity contribution in [2.45, 2.75) is 26.4 Å². The number of hydrogen-bond acceptors (Lipinski definition) is 3. The fraction of sp³-hybridized carbons (Fsp3) is 0.263. The number of aromatic amines is 1. The summed E-state index contributed by atoms with van der Waals surface area (Å²) in [7, 11) is 0. The van der Waals surface area contributed by atoms with E-state index in [4.69, 9.17) is 4.74 Å². The maximum Gasteiger partial charge on any atom is 0.259 e. The van der Waals surface area contributed by atoms with Gasteiger partial charge in [-0.3, -0.25) is 4.79 Å². The second-order valence-corrected chi connectivity index (χ2v) is 5.53. The Morgan fingerprint density at radius 3 is 2.65 bits per heavy atom. The Labute approximate surface area is 135 Å². The molecule has 1 N–H and O–H groups in total. The highest BCUT2D eigenvalue weighted by Gasteiger charge is 2.05. The zero-order chi connectivity index (χ0) is 16.1. The summed E-state index contributed by atoms with van der Waals surface area (Å²) in [5, 5.41) is 0.609. The minimum atomic E-state index is -0.113. The van der Waals surface area contributed by atoms with E-state index in [1.54, 1.807) is 6.07 Å². The Morgan fingerprint density at radius 1 is 1.09 bits per heavy atom. The van der Waals surface area contributed by atoms with Crippen molar-refractivity contribution in [1.82, 2.24) is 9.97 Å². The van der Waals surface area contributed by atoms with E-state index in [1.807, 2.05) is 42.5 Å². The van der Waals surface area contributed by atoms with Gasteiger partial charge >= 0.3 is 0 Å². The molecule has 0 amide bonds. The first-order chi connectivity index (χ1) is 11.3. The number of para-hydroxylation sites is 1. The van der Waals surface area contributed by atoms with E-state index in [0.717, 1.165) is 30.6 Å². The van der Waals surface area contributed by atoms with Gasteiger partial charge < -0.3 is 9.72 Å². The van der Waals surface area contributed by atoms with Crippen LogP contribution in [0.5, 0.6) is 0 Å². The van der Waals surface area contributed by atoms with Gasteiger partial charge in [0.1, 0.15) is 5.82 Å². The minimum Gasteiger partial charge on any atom is -0.377 e. The molecule has 0 saturated carbocycles. The first-order valence-corrected chi connectivity index (χ1v) is 7.94. The highest BCUT2D eigenvalue weighted by molar-refractivity contribution is 5.79. The van der Waals surface area contributed by atoms with Crippen LogP contribution in [-0.2, 0) is 11.3 Å². The molecule has 1 heterocycles. The number of fused-ring (bicyclic) bond motifs is 1. The second-order valence-electron chi connectivity index (χ2n) is 5.53. The molecule has 0 aliphatic rings. The van der Waals surface area contributed by atoms with E-state index in [1.165, 1.54) is 0 Å². The maximum absolute atomic E-state index is 12.1. The molecule has 3 aromatic rings. The van der Waals surface area contributed by atoms with Crippen LogP contribution >= 0.6 is 0 Å². The molecular weight excluding hydrogens is 288 g/mol. The van der Waals surface area contributed by atoms with Gasteiger partial charge in [-0.15, -0.1) is 0 Å². The van der Waals surface area contributed by atoms with Crippen molar-refractivity contribution in [3.05, 3.63) is 64.4 Å². The normalized spacial score (nSPS) is 11.0. The summed E-state index contributed by atoms with van der Waals surface area (Å²) in [4.78, 5) is 19.5. The lowest BCUT2D eigenvalue weighted by molar-refractivity contribution is 0.118. The fourth-order valence-corrected chi connectivity index (χ4v) is 2.42. The van der Waals surface area contributed by atoms with E-state index < -0.39 is 0 Å². The van der Waals surface area contributed by atoms with Crippen molar-refractivity contribution in [3.8, 4) is 11.4 Å². The van der Waals surface area contributed by atoms with Crippen LogP contribution in [-0.4, -0.2) is 16.6 Å². The average Bonchev–Trinajstić information content (AvgIpc) is 2.59. The summed E-state index contributed by atoms with van der Waals surface area (Å²) in [5.41, 5.74) is 2.61. The van der Waals surface area contributed by atoms with E-state index in [2.05, 4.69) is 16.9 Å². The Kier molecular flexibility index (Phi) is 4.83. The van der Waals surface area contributed by atoms with Crippen molar-refractivity contribution in [3.63, 3.8) is 0 Å². The van der Waals surface area contributed by atoms with E-state index >= 15 is 0 Å². The molecule has 0 atom stereocenters. The van der Waals surface area contributed by atoms with Gasteiger partial charge in [-0.1, -0.05) is 49.7 Å². The molecule has 3 rings (SSSR count). The Bertz CT molecular complexity index is 838. The number of ether oxygens (including phenoxy) is 1. The van der Waals surface area contributed by atoms with Crippen molar-refractivity contribution in [2.24, 2.45) is 0 Å². The average molecular weight is 308 g/mol. The molecule has 0 fully saturated rings. The van der Waals surface area contributed by atoms with Crippen molar-refractivity contribution in [2.75, 3.05) is 6.61 Å². The Morgan fingerprint density at radius 2 is 1.87 bits per heavy atom. The third-order valence-corrected chi connectivity index (χ3v) is 3.75. The number of benzene rings is 2. The highest BCUT2D eigenvalue weighted by atomic mass is 16.5. The van der Waals surface area contributed by atoms with Gasteiger partial charge in [0.2, 0.25) is 0 Å². The zero-order valence-corrected chi connectivity index (χ0v) is 13.2. The van der Waals surface area contributed by atoms with Crippen LogP contribution in [0, 0.1) is 0 Å². The van der Waals surface area contributed by atoms with Crippen LogP contribution in [0.3, 0.4) is 0 Å². The molecule has 0 bridgehead atoms. The number of nitrogens with zero attached hydrogens (tertiary/aromatic N) is 1. The quantitative estimate of drug-likeness (QED) is 0.702. The molecule has 0 saturated heterocycles. The zero-order valence-electron chi connectivity index (χ0n) is 13.2. The summed E-state index contributed by atoms with van der Waals surface area (Å²) in [6.45, 7) is 3.55. The minimum absolute atomic E-state index is 0.113. The topological polar surface area (TPSA) is 55.0 Å². The van der Waals surface area contributed by atoms with Crippen LogP contribution in [0.2, 0.25) is 0 Å². The van der Waals surface area contributed by atoms with Gasteiger partial charge in [-0.05, 0) is 24.1 Å². The summed E-state index contributed by atoms with van der Waals surface area (Å²) in [6.07, 6.45) is 2.22. The molecule has 0 aliphatic carbocycles. The second kappa shape index (κ2) is 7.20. The van der Waals surface area contributed by atoms with Crippen molar-refractivity contribution >= 4 is 10.9 Å². The molecule has 4 nitrogen and oxygen atoms in total. The lowest BCUT2D eigenvalue weighted by Gasteiger charge is -2.06. The number of unbranched alkanes of at least 4 members (excludes halogenated alkanes) is 1. The van der Waals surface area contributed by atoms with Crippen LogP contribution in [0.15, 0.2) is 53.3 Å². The third-order valence-electron chi connectivity index (χ3n) is 3.75. The largest absolute Gasteiger partial charge is 0.377 e. The molecular formula is C19H20N2O2. The lowest BCUT2D eigenvalue weighted by atomic mass is 10.1. The van der Waals surface area contributed by atoms with Crippen LogP contribution < -0.4 is 5.56 Å². The summed E-state index contributed by atoms with van der Waals surface area (Å²) >= 11 is 0. The highest BCUT2D eigenvalue weighted by Crippen LogP contribution is 2.17. The Hall–Kier alpha value is -2.46. The molecule has 118 valence electrons. The lowest BCUT2D eigenvalue weighted by Crippen LogP contribution is -2.09. The summed E-state index contributed by atoms with van der Waals surface area (Å²) in [6, 6.07) is 15.3. The molecule has 0 aliphatic heterocycles. The number of aromatic nitrogens is 2. The maximum atomic E-state index is 12.1. The van der Waals surface area contributed by atoms with Crippen LogP contribution in [0.4, 0.5) is 0 Å². The first-order valence-electron chi connectivity index (χ1n) is 7.94. The smallest absolute Gasteiger partial charge is 0.259 e. The molecule has 1 aromatic heterocycles. The van der Waals surface area contributed by atoms with E-state index in [9.17, 15) is 4.79 Å². The van der Waals surface area contributed by atoms with Gasteiger partial charge in [-0.2, -0.15) is 0 Å². The van der Waals surface area contributed by atoms with Gasteiger partial charge in [-0.25, -0.2) is 4.98 Å². The Balaban J connectivity index is 1.80. The third kappa shape index (κ3) is 3.66.